The van der Waals surface area contributed by atoms with Crippen LogP contribution in [-0.2, 0) is 3.79 Å². The first-order valence-corrected chi connectivity index (χ1v) is 4.41. The Labute approximate surface area is 71.5 Å². The highest BCUT2D eigenvalue weighted by atomic mass is 27.1. The van der Waals surface area contributed by atoms with Gasteiger partial charge in [-0.1, -0.05) is 12.2 Å². The zero-order valence-corrected chi connectivity index (χ0v) is 8.68. The molecule has 0 fully saturated rings. The van der Waals surface area contributed by atoms with Gasteiger partial charge in [-0.05, 0) is 19.3 Å². The fourth-order valence-corrected chi connectivity index (χ4v) is 1.25. The third-order valence-corrected chi connectivity index (χ3v) is 2.12. The van der Waals surface area contributed by atoms with Gasteiger partial charge in [0, 0.05) is 6.10 Å². The molecule has 0 saturated carbocycles. The molecule has 0 spiro atoms. The molecule has 0 saturated heterocycles. The van der Waals surface area contributed by atoms with Crippen molar-refractivity contribution in [3.8, 4) is 0 Å². The zero-order chi connectivity index (χ0) is 7.82. The minimum absolute atomic E-state index is 0.391. The third kappa shape index (κ3) is 4.81. The fraction of sp³-hybridized carbons (Fsp3) is 0.500. The van der Waals surface area contributed by atoms with Crippen molar-refractivity contribution in [3.63, 3.8) is 0 Å². The van der Waals surface area contributed by atoms with Crippen LogP contribution >= 0.6 is 0 Å². The number of hydrogen-bond acceptors (Lipinski definition) is 1. The average molecular weight is 154 g/mol. The molecule has 1 atom stereocenters. The third-order valence-electron chi connectivity index (χ3n) is 1.46. The average Bonchev–Trinajstić information content (AvgIpc) is 1.98. The van der Waals surface area contributed by atoms with Crippen molar-refractivity contribution in [2.24, 2.45) is 0 Å². The largest absolute Gasteiger partial charge is 0.503 e. The first-order valence-electron chi connectivity index (χ1n) is 3.59. The van der Waals surface area contributed by atoms with Gasteiger partial charge in [-0.3, -0.25) is 0 Å². The minimum Gasteiger partial charge on any atom is -0.503 e. The van der Waals surface area contributed by atoms with Crippen LogP contribution in [0.25, 0.3) is 0 Å². The lowest BCUT2D eigenvalue weighted by molar-refractivity contribution is 0.215. The van der Waals surface area contributed by atoms with Crippen LogP contribution in [0.3, 0.4) is 0 Å². The Bertz CT molecular complexity index is 101. The van der Waals surface area contributed by atoms with E-state index in [4.69, 9.17) is 3.79 Å². The Morgan fingerprint density at radius 1 is 1.40 bits per heavy atom. The molecule has 0 aliphatic heterocycles. The van der Waals surface area contributed by atoms with E-state index in [-0.39, 0.29) is 0 Å². The molecule has 2 heteroatoms. The summed E-state index contributed by atoms with van der Waals surface area (Å²) < 4.78 is 5.31. The number of hydrogen-bond donors (Lipinski definition) is 0. The van der Waals surface area contributed by atoms with E-state index in [1.165, 1.54) is 0 Å². The molecule has 0 aromatic heterocycles. The lowest BCUT2D eigenvalue weighted by atomic mass is 10.1. The van der Waals surface area contributed by atoms with Crippen LogP contribution in [0.1, 0.15) is 19.3 Å². The normalized spacial score (nSPS) is 12.4. The van der Waals surface area contributed by atoms with Crippen LogP contribution in [0.5, 0.6) is 0 Å². The molecule has 0 amide bonds. The van der Waals surface area contributed by atoms with Crippen LogP contribution < -0.4 is 0 Å². The number of rotatable bonds is 6. The molecule has 0 aliphatic carbocycles. The van der Waals surface area contributed by atoms with Gasteiger partial charge in [0.15, 0.2) is 0 Å². The standard InChI is InChI=1S/C8H13O.Al.2H/c1-3-5-7-8(9)6-4-2;;;/h3-4,8H,1-2,5-7H2;;;/q-1;+1;;. The van der Waals surface area contributed by atoms with Crippen LogP contribution in [0.15, 0.2) is 25.3 Å². The summed E-state index contributed by atoms with van der Waals surface area (Å²) in [7, 11) is 0. The van der Waals surface area contributed by atoms with Gasteiger partial charge >= 0.3 is 16.6 Å². The van der Waals surface area contributed by atoms with E-state index in [2.05, 4.69) is 13.2 Å². The SMILES string of the molecule is C=CCCC(CC=C)[O][AlH2]. The summed E-state index contributed by atoms with van der Waals surface area (Å²) in [6, 6.07) is 0. The summed E-state index contributed by atoms with van der Waals surface area (Å²) in [5.41, 5.74) is 0. The molecular formula is C8H15AlO. The van der Waals surface area contributed by atoms with Crippen molar-refractivity contribution >= 4 is 16.6 Å². The molecule has 0 radical (unpaired) electrons. The first-order chi connectivity index (χ1) is 4.85. The van der Waals surface area contributed by atoms with Gasteiger partial charge in [-0.25, -0.2) is 0 Å². The molecule has 0 bridgehead atoms. The van der Waals surface area contributed by atoms with Gasteiger partial charge in [0.25, 0.3) is 0 Å². The van der Waals surface area contributed by atoms with E-state index in [1.807, 2.05) is 12.2 Å². The van der Waals surface area contributed by atoms with Crippen molar-refractivity contribution in [2.45, 2.75) is 25.4 Å². The van der Waals surface area contributed by atoms with Crippen molar-refractivity contribution in [1.82, 2.24) is 0 Å². The maximum Gasteiger partial charge on any atom is 0.410 e. The predicted molar refractivity (Wildman–Crippen MR) is 47.7 cm³/mol. The van der Waals surface area contributed by atoms with E-state index in [0.717, 1.165) is 35.9 Å². The second kappa shape index (κ2) is 7.08. The highest BCUT2D eigenvalue weighted by molar-refractivity contribution is 5.98. The van der Waals surface area contributed by atoms with Crippen LogP contribution in [0.4, 0.5) is 0 Å². The summed E-state index contributed by atoms with van der Waals surface area (Å²) in [6.07, 6.45) is 7.32. The summed E-state index contributed by atoms with van der Waals surface area (Å²) in [5.74, 6) is 0. The first kappa shape index (κ1) is 9.97. The Morgan fingerprint density at radius 3 is 2.50 bits per heavy atom. The number of allylic oxidation sites excluding steroid dienone is 1. The maximum absolute atomic E-state index is 5.31. The van der Waals surface area contributed by atoms with Gasteiger partial charge in [0.05, 0.1) is 0 Å². The fourth-order valence-electron chi connectivity index (χ4n) is 0.822. The molecule has 1 nitrogen and oxygen atoms in total. The molecule has 1 unspecified atom stereocenters. The molecule has 0 aliphatic rings. The quantitative estimate of drug-likeness (QED) is 0.415. The summed E-state index contributed by atoms with van der Waals surface area (Å²) in [4.78, 5) is 0. The monoisotopic (exact) mass is 154 g/mol. The topological polar surface area (TPSA) is 9.23 Å². The zero-order valence-electron chi connectivity index (χ0n) is 6.68. The van der Waals surface area contributed by atoms with E-state index >= 15 is 0 Å². The van der Waals surface area contributed by atoms with E-state index in [1.54, 1.807) is 0 Å². The smallest absolute Gasteiger partial charge is 0.410 e. The van der Waals surface area contributed by atoms with Crippen LogP contribution in [-0.4, -0.2) is 22.7 Å². The van der Waals surface area contributed by atoms with Crippen molar-refractivity contribution in [1.29, 1.82) is 0 Å². The molecule has 0 aromatic rings. The molecule has 0 heterocycles. The minimum atomic E-state index is 0.391. The second-order valence-electron chi connectivity index (χ2n) is 2.25. The van der Waals surface area contributed by atoms with E-state index < -0.39 is 0 Å². The van der Waals surface area contributed by atoms with Gasteiger partial charge in [0.2, 0.25) is 0 Å². The van der Waals surface area contributed by atoms with Crippen LogP contribution in [0.2, 0.25) is 0 Å². The Hall–Kier alpha value is -0.0275. The molecule has 0 N–H and O–H groups in total. The van der Waals surface area contributed by atoms with Gasteiger partial charge in [-0.2, -0.15) is 0 Å². The van der Waals surface area contributed by atoms with E-state index in [0.29, 0.717) is 6.10 Å². The molecule has 0 rings (SSSR count). The Balaban J connectivity index is 3.38. The van der Waals surface area contributed by atoms with Gasteiger partial charge in [0.1, 0.15) is 0 Å². The van der Waals surface area contributed by atoms with Crippen molar-refractivity contribution < 1.29 is 3.79 Å². The van der Waals surface area contributed by atoms with Crippen molar-refractivity contribution in [3.05, 3.63) is 25.3 Å². The van der Waals surface area contributed by atoms with E-state index in [9.17, 15) is 0 Å². The van der Waals surface area contributed by atoms with Gasteiger partial charge < -0.3 is 3.79 Å². The molecule has 0 aromatic carbocycles. The second-order valence-corrected chi connectivity index (χ2v) is 2.72. The summed E-state index contributed by atoms with van der Waals surface area (Å²) >= 11 is 0.821. The summed E-state index contributed by atoms with van der Waals surface area (Å²) in [5, 5.41) is 0. The molecule has 56 valence electrons. The predicted octanol–water partition coefficient (Wildman–Crippen LogP) is 1.46. The Kier molecular flexibility index (Phi) is 7.06. The molecule has 10 heavy (non-hydrogen) atoms. The van der Waals surface area contributed by atoms with Gasteiger partial charge in [-0.15, -0.1) is 13.2 Å². The lowest BCUT2D eigenvalue weighted by Crippen LogP contribution is -2.08. The summed E-state index contributed by atoms with van der Waals surface area (Å²) in [6.45, 7) is 7.32. The molecular weight excluding hydrogens is 139 g/mol. The van der Waals surface area contributed by atoms with Crippen LogP contribution in [0, 0.1) is 0 Å². The maximum atomic E-state index is 5.31. The lowest BCUT2D eigenvalue weighted by Gasteiger charge is -2.12. The Morgan fingerprint density at radius 2 is 2.10 bits per heavy atom. The highest BCUT2D eigenvalue weighted by Gasteiger charge is 2.00. The van der Waals surface area contributed by atoms with Crippen molar-refractivity contribution in [2.75, 3.05) is 0 Å². The highest BCUT2D eigenvalue weighted by Crippen LogP contribution is 2.05.